The summed E-state index contributed by atoms with van der Waals surface area (Å²) < 4.78 is 11.4. The van der Waals surface area contributed by atoms with Gasteiger partial charge in [0.15, 0.2) is 0 Å². The maximum absolute atomic E-state index is 5.84. The molecule has 1 heterocycles. The molecule has 3 aromatic rings. The molecule has 124 valence electrons. The zero-order chi connectivity index (χ0) is 16.8. The third-order valence-electron chi connectivity index (χ3n) is 3.68. The largest absolute Gasteiger partial charge is 0.494 e. The predicted octanol–water partition coefficient (Wildman–Crippen LogP) is 4.32. The van der Waals surface area contributed by atoms with Crippen LogP contribution in [0.25, 0.3) is 10.9 Å². The van der Waals surface area contributed by atoms with Gasteiger partial charge in [-0.3, -0.25) is 0 Å². The smallest absolute Gasteiger partial charge is 0.219 e. The summed E-state index contributed by atoms with van der Waals surface area (Å²) in [6.07, 6.45) is 1.87. The van der Waals surface area contributed by atoms with Gasteiger partial charge in [0.1, 0.15) is 11.5 Å². The van der Waals surface area contributed by atoms with Crippen LogP contribution in [0.3, 0.4) is 0 Å². The maximum Gasteiger partial charge on any atom is 0.219 e. The van der Waals surface area contributed by atoms with Gasteiger partial charge in [0.05, 0.1) is 12.1 Å². The third-order valence-corrected chi connectivity index (χ3v) is 3.68. The lowest BCUT2D eigenvalue weighted by Gasteiger charge is -2.08. The molecular weight excluding hydrogens is 300 g/mol. The van der Waals surface area contributed by atoms with E-state index in [1.165, 1.54) is 5.56 Å². The highest BCUT2D eigenvalue weighted by Gasteiger charge is 2.03. The molecule has 0 aliphatic rings. The molecule has 0 aliphatic heterocycles. The van der Waals surface area contributed by atoms with E-state index in [9.17, 15) is 0 Å². The number of nitrogens with zero attached hydrogens (tertiary/aromatic N) is 1. The molecule has 0 radical (unpaired) electrons. The van der Waals surface area contributed by atoms with Crippen molar-refractivity contribution in [1.29, 1.82) is 0 Å². The number of nitrogens with two attached hydrogens (primary N) is 1. The Kier molecular flexibility index (Phi) is 5.29. The van der Waals surface area contributed by atoms with E-state index in [2.05, 4.69) is 24.0 Å². The quantitative estimate of drug-likeness (QED) is 0.704. The van der Waals surface area contributed by atoms with Crippen molar-refractivity contribution in [1.82, 2.24) is 4.98 Å². The van der Waals surface area contributed by atoms with Crippen LogP contribution in [0.4, 0.5) is 0 Å². The molecule has 1 aromatic heterocycles. The summed E-state index contributed by atoms with van der Waals surface area (Å²) in [5, 5.41) is 1.09. The number of aromatic nitrogens is 1. The fourth-order valence-corrected chi connectivity index (χ4v) is 2.48. The van der Waals surface area contributed by atoms with Crippen molar-refractivity contribution >= 4 is 10.9 Å². The first-order valence-electron chi connectivity index (χ1n) is 8.29. The Morgan fingerprint density at radius 3 is 2.50 bits per heavy atom. The van der Waals surface area contributed by atoms with Crippen LogP contribution >= 0.6 is 0 Å². The highest BCUT2D eigenvalue weighted by Crippen LogP contribution is 2.25. The lowest BCUT2D eigenvalue weighted by atomic mass is 10.1. The lowest BCUT2D eigenvalue weighted by Crippen LogP contribution is -2.02. The van der Waals surface area contributed by atoms with Crippen LogP contribution in [-0.4, -0.2) is 18.1 Å². The van der Waals surface area contributed by atoms with E-state index in [-0.39, 0.29) is 0 Å². The first-order chi connectivity index (χ1) is 11.8. The SMILES string of the molecule is CCCOc1ccc(Oc2ccc3cc(CCN)ccc3n2)cc1. The molecule has 4 nitrogen and oxygen atoms in total. The molecule has 3 rings (SSSR count). The Balaban J connectivity index is 1.73. The normalized spacial score (nSPS) is 10.8. The van der Waals surface area contributed by atoms with Crippen molar-refractivity contribution in [2.24, 2.45) is 5.73 Å². The number of hydrogen-bond acceptors (Lipinski definition) is 4. The van der Waals surface area contributed by atoms with E-state index in [0.29, 0.717) is 12.4 Å². The standard InChI is InChI=1S/C20H22N2O2/c1-2-13-23-17-5-7-18(8-6-17)24-20-10-4-16-14-15(11-12-21)3-9-19(16)22-20/h3-10,14H,2,11-13,21H2,1H3. The highest BCUT2D eigenvalue weighted by molar-refractivity contribution is 5.79. The number of ether oxygens (including phenoxy) is 2. The van der Waals surface area contributed by atoms with Gasteiger partial charge in [0.2, 0.25) is 5.88 Å². The summed E-state index contributed by atoms with van der Waals surface area (Å²) >= 11 is 0. The van der Waals surface area contributed by atoms with Crippen molar-refractivity contribution < 1.29 is 9.47 Å². The minimum Gasteiger partial charge on any atom is -0.494 e. The maximum atomic E-state index is 5.84. The second kappa shape index (κ2) is 7.79. The average Bonchev–Trinajstić information content (AvgIpc) is 2.61. The second-order valence-electron chi connectivity index (χ2n) is 5.64. The monoisotopic (exact) mass is 322 g/mol. The Labute approximate surface area is 142 Å². The van der Waals surface area contributed by atoms with Gasteiger partial charge in [-0.05, 0) is 67.4 Å². The third kappa shape index (κ3) is 4.03. The van der Waals surface area contributed by atoms with Crippen molar-refractivity contribution in [2.45, 2.75) is 19.8 Å². The summed E-state index contributed by atoms with van der Waals surface area (Å²) in [4.78, 5) is 4.56. The summed E-state index contributed by atoms with van der Waals surface area (Å²) in [5.74, 6) is 2.17. The van der Waals surface area contributed by atoms with Gasteiger partial charge in [-0.25, -0.2) is 4.98 Å². The number of fused-ring (bicyclic) bond motifs is 1. The number of hydrogen-bond donors (Lipinski definition) is 1. The molecule has 0 saturated heterocycles. The van der Waals surface area contributed by atoms with Crippen molar-refractivity contribution in [3.05, 3.63) is 60.2 Å². The molecule has 2 N–H and O–H groups in total. The van der Waals surface area contributed by atoms with E-state index in [4.69, 9.17) is 15.2 Å². The molecular formula is C20H22N2O2. The highest BCUT2D eigenvalue weighted by atomic mass is 16.5. The van der Waals surface area contributed by atoms with Gasteiger partial charge < -0.3 is 15.2 Å². The van der Waals surface area contributed by atoms with Crippen LogP contribution in [0.5, 0.6) is 17.4 Å². The van der Waals surface area contributed by atoms with Crippen LogP contribution in [0.2, 0.25) is 0 Å². The van der Waals surface area contributed by atoms with Gasteiger partial charge >= 0.3 is 0 Å². The first kappa shape index (κ1) is 16.3. The molecule has 2 aromatic carbocycles. The van der Waals surface area contributed by atoms with Gasteiger partial charge in [-0.15, -0.1) is 0 Å². The van der Waals surface area contributed by atoms with Gasteiger partial charge in [0, 0.05) is 11.5 Å². The van der Waals surface area contributed by atoms with Crippen LogP contribution < -0.4 is 15.2 Å². The Morgan fingerprint density at radius 2 is 1.75 bits per heavy atom. The molecule has 0 spiro atoms. The molecule has 0 aliphatic carbocycles. The fraction of sp³-hybridized carbons (Fsp3) is 0.250. The number of pyridine rings is 1. The Morgan fingerprint density at radius 1 is 0.958 bits per heavy atom. The zero-order valence-electron chi connectivity index (χ0n) is 13.9. The van der Waals surface area contributed by atoms with Crippen molar-refractivity contribution in [2.75, 3.05) is 13.2 Å². The van der Waals surface area contributed by atoms with Crippen LogP contribution in [0, 0.1) is 0 Å². The second-order valence-corrected chi connectivity index (χ2v) is 5.64. The van der Waals surface area contributed by atoms with Crippen molar-refractivity contribution in [3.8, 4) is 17.4 Å². The number of benzene rings is 2. The van der Waals surface area contributed by atoms with E-state index >= 15 is 0 Å². The molecule has 0 bridgehead atoms. The Bertz CT molecular complexity index is 800. The minimum absolute atomic E-state index is 0.580. The van der Waals surface area contributed by atoms with E-state index < -0.39 is 0 Å². The van der Waals surface area contributed by atoms with Crippen LogP contribution in [-0.2, 0) is 6.42 Å². The van der Waals surface area contributed by atoms with E-state index in [0.717, 1.165) is 41.9 Å². The van der Waals surface area contributed by atoms with Crippen molar-refractivity contribution in [3.63, 3.8) is 0 Å². The molecule has 0 amide bonds. The van der Waals surface area contributed by atoms with Gasteiger partial charge in [0.25, 0.3) is 0 Å². The van der Waals surface area contributed by atoms with E-state index in [1.54, 1.807) is 0 Å². The van der Waals surface area contributed by atoms with Gasteiger partial charge in [-0.2, -0.15) is 0 Å². The Hall–Kier alpha value is -2.59. The summed E-state index contributed by atoms with van der Waals surface area (Å²) in [5.41, 5.74) is 7.75. The molecule has 0 fully saturated rings. The molecule has 0 atom stereocenters. The van der Waals surface area contributed by atoms with E-state index in [1.807, 2.05) is 42.5 Å². The predicted molar refractivity (Wildman–Crippen MR) is 96.8 cm³/mol. The zero-order valence-corrected chi connectivity index (χ0v) is 13.9. The molecule has 24 heavy (non-hydrogen) atoms. The van der Waals surface area contributed by atoms with Gasteiger partial charge in [-0.1, -0.05) is 13.0 Å². The number of rotatable bonds is 7. The fourth-order valence-electron chi connectivity index (χ4n) is 2.48. The minimum atomic E-state index is 0.580. The lowest BCUT2D eigenvalue weighted by molar-refractivity contribution is 0.317. The topological polar surface area (TPSA) is 57.4 Å². The van der Waals surface area contributed by atoms with Crippen LogP contribution in [0.1, 0.15) is 18.9 Å². The summed E-state index contributed by atoms with van der Waals surface area (Å²) in [6, 6.07) is 17.7. The first-order valence-corrected chi connectivity index (χ1v) is 8.29. The average molecular weight is 322 g/mol. The summed E-state index contributed by atoms with van der Waals surface area (Å²) in [6.45, 7) is 3.46. The molecule has 0 saturated carbocycles. The summed E-state index contributed by atoms with van der Waals surface area (Å²) in [7, 11) is 0. The molecule has 4 heteroatoms. The molecule has 0 unspecified atom stereocenters. The van der Waals surface area contributed by atoms with Crippen LogP contribution in [0.15, 0.2) is 54.6 Å².